The van der Waals surface area contributed by atoms with E-state index in [0.29, 0.717) is 36.7 Å². The Bertz CT molecular complexity index is 1230. The largest absolute Gasteiger partial charge is 0.492 e. The molecule has 1 unspecified atom stereocenters. The van der Waals surface area contributed by atoms with Crippen molar-refractivity contribution in [3.05, 3.63) is 48.5 Å². The van der Waals surface area contributed by atoms with Crippen molar-refractivity contribution in [2.45, 2.75) is 37.2 Å². The Hall–Kier alpha value is -2.83. The Morgan fingerprint density at radius 2 is 1.58 bits per heavy atom. The lowest BCUT2D eigenvalue weighted by Gasteiger charge is -2.19. The number of rotatable bonds is 12. The molecule has 0 saturated carbocycles. The summed E-state index contributed by atoms with van der Waals surface area (Å²) in [6, 6.07) is 12.7. The zero-order valence-corrected chi connectivity index (χ0v) is 22.3. The van der Waals surface area contributed by atoms with Gasteiger partial charge in [-0.2, -0.15) is 4.31 Å². The van der Waals surface area contributed by atoms with Crippen LogP contribution in [0.25, 0.3) is 0 Å². The predicted octanol–water partition coefficient (Wildman–Crippen LogP) is 2.22. The summed E-state index contributed by atoms with van der Waals surface area (Å²) in [5.74, 6) is 0.653. The number of ether oxygens (including phenoxy) is 2. The van der Waals surface area contributed by atoms with E-state index in [1.807, 2.05) is 6.92 Å². The number of hydrogen-bond acceptors (Lipinski definition) is 7. The minimum Gasteiger partial charge on any atom is -0.492 e. The molecule has 1 heterocycles. The zero-order chi connectivity index (χ0) is 26.3. The van der Waals surface area contributed by atoms with Gasteiger partial charge < -0.3 is 14.8 Å². The van der Waals surface area contributed by atoms with Crippen LogP contribution in [0.2, 0.25) is 0 Å². The van der Waals surface area contributed by atoms with E-state index in [2.05, 4.69) is 5.32 Å². The highest BCUT2D eigenvalue weighted by Gasteiger charge is 2.27. The van der Waals surface area contributed by atoms with Crippen LogP contribution in [0.4, 0.5) is 5.69 Å². The van der Waals surface area contributed by atoms with Crippen molar-refractivity contribution < 1.29 is 31.1 Å². The maximum Gasteiger partial charge on any atom is 0.261 e. The first-order valence-corrected chi connectivity index (χ1v) is 15.0. The summed E-state index contributed by atoms with van der Waals surface area (Å²) in [4.78, 5) is 12.8. The number of amides is 1. The molecule has 1 aliphatic rings. The first kappa shape index (κ1) is 27.8. The first-order chi connectivity index (χ1) is 17.0. The predicted molar refractivity (Wildman–Crippen MR) is 137 cm³/mol. The summed E-state index contributed by atoms with van der Waals surface area (Å²) in [6.07, 6.45) is 2.59. The van der Waals surface area contributed by atoms with Crippen molar-refractivity contribution in [1.29, 1.82) is 0 Å². The molecule has 0 bridgehead atoms. The molecule has 0 radical (unpaired) electrons. The van der Waals surface area contributed by atoms with E-state index < -0.39 is 26.2 Å². The molecule has 0 spiro atoms. The van der Waals surface area contributed by atoms with Crippen LogP contribution in [0, 0.1) is 0 Å². The normalized spacial score (nSPS) is 15.3. The highest BCUT2D eigenvalue weighted by Crippen LogP contribution is 2.23. The molecule has 198 valence electrons. The Labute approximate surface area is 213 Å². The van der Waals surface area contributed by atoms with E-state index in [4.69, 9.17) is 9.47 Å². The second-order valence-electron chi connectivity index (χ2n) is 8.46. The van der Waals surface area contributed by atoms with Gasteiger partial charge in [0.1, 0.15) is 18.1 Å². The molecule has 12 heteroatoms. The average Bonchev–Trinajstić information content (AvgIpc) is 3.41. The van der Waals surface area contributed by atoms with E-state index in [9.17, 15) is 21.6 Å². The maximum absolute atomic E-state index is 12.6. The molecule has 0 aromatic heterocycles. The van der Waals surface area contributed by atoms with Gasteiger partial charge in [-0.25, -0.2) is 16.8 Å². The number of carbonyl (C=O) groups is 1. The van der Waals surface area contributed by atoms with Gasteiger partial charge in [-0.05, 0) is 67.8 Å². The minimum atomic E-state index is -3.47. The first-order valence-electron chi connectivity index (χ1n) is 11.7. The topological polar surface area (TPSA) is 122 Å². The van der Waals surface area contributed by atoms with Gasteiger partial charge in [0.15, 0.2) is 6.10 Å². The van der Waals surface area contributed by atoms with Crippen LogP contribution < -0.4 is 19.1 Å². The zero-order valence-electron chi connectivity index (χ0n) is 20.7. The van der Waals surface area contributed by atoms with Gasteiger partial charge in [0, 0.05) is 20.1 Å². The molecule has 2 aromatic rings. The highest BCUT2D eigenvalue weighted by atomic mass is 32.2. The number of sulfonamides is 2. The van der Waals surface area contributed by atoms with E-state index in [1.54, 1.807) is 36.4 Å². The Morgan fingerprint density at radius 1 is 1.00 bits per heavy atom. The number of anilines is 1. The Kier molecular flexibility index (Phi) is 9.20. The summed E-state index contributed by atoms with van der Waals surface area (Å²) in [5, 5.41) is 2.77. The molecule has 2 aromatic carbocycles. The smallest absolute Gasteiger partial charge is 0.261 e. The van der Waals surface area contributed by atoms with Crippen molar-refractivity contribution >= 4 is 31.6 Å². The number of benzene rings is 2. The molecule has 10 nitrogen and oxygen atoms in total. The van der Waals surface area contributed by atoms with Crippen molar-refractivity contribution in [3.8, 4) is 11.5 Å². The molecule has 3 rings (SSSR count). The lowest BCUT2D eigenvalue weighted by Crippen LogP contribution is -2.39. The number of carbonyl (C=O) groups excluding carboxylic acids is 1. The molecule has 1 atom stereocenters. The average molecular weight is 540 g/mol. The monoisotopic (exact) mass is 539 g/mol. The summed E-state index contributed by atoms with van der Waals surface area (Å²) in [5.41, 5.74) is 0.487. The second-order valence-corrected chi connectivity index (χ2v) is 12.4. The van der Waals surface area contributed by atoms with E-state index in [1.165, 1.54) is 23.5 Å². The molecular weight excluding hydrogens is 506 g/mol. The highest BCUT2D eigenvalue weighted by molar-refractivity contribution is 7.92. The third-order valence-electron chi connectivity index (χ3n) is 5.84. The van der Waals surface area contributed by atoms with Crippen LogP contribution in [0.3, 0.4) is 0 Å². The standard InChI is InChI=1S/C24H33N3O7S2/c1-4-23(34-21-9-7-19(8-10-21)26(2)35(3,29)30)24(28)25-15-18-33-20-11-13-22(14-12-20)36(31,32)27-16-5-6-17-27/h7-14,23H,4-6,15-18H2,1-3H3,(H,25,28). The molecule has 36 heavy (non-hydrogen) atoms. The van der Waals surface area contributed by atoms with E-state index >= 15 is 0 Å². The molecule has 1 amide bonds. The molecule has 0 aliphatic carbocycles. The van der Waals surface area contributed by atoms with Gasteiger partial charge in [-0.1, -0.05) is 6.92 Å². The van der Waals surface area contributed by atoms with Crippen molar-refractivity contribution in [2.75, 3.05) is 43.8 Å². The van der Waals surface area contributed by atoms with Crippen LogP contribution in [0.5, 0.6) is 11.5 Å². The summed E-state index contributed by atoms with van der Waals surface area (Å²) < 4.78 is 62.5. The van der Waals surface area contributed by atoms with Gasteiger partial charge in [0.25, 0.3) is 5.91 Å². The van der Waals surface area contributed by atoms with Crippen molar-refractivity contribution in [2.24, 2.45) is 0 Å². The molecule has 1 N–H and O–H groups in total. The van der Waals surface area contributed by atoms with Crippen LogP contribution in [-0.2, 0) is 24.8 Å². The second kappa shape index (κ2) is 11.9. The number of hydrogen-bond donors (Lipinski definition) is 1. The quantitative estimate of drug-likeness (QED) is 0.411. The molecule has 1 aliphatic heterocycles. The van der Waals surface area contributed by atoms with Crippen molar-refractivity contribution in [3.63, 3.8) is 0 Å². The van der Waals surface area contributed by atoms with Crippen LogP contribution in [0.1, 0.15) is 26.2 Å². The van der Waals surface area contributed by atoms with Gasteiger partial charge in [0.2, 0.25) is 20.0 Å². The molecular formula is C24H33N3O7S2. The lowest BCUT2D eigenvalue weighted by molar-refractivity contribution is -0.128. The molecule has 1 saturated heterocycles. The maximum atomic E-state index is 12.6. The van der Waals surface area contributed by atoms with Crippen LogP contribution >= 0.6 is 0 Å². The third-order valence-corrected chi connectivity index (χ3v) is 8.95. The Morgan fingerprint density at radius 3 is 2.14 bits per heavy atom. The summed E-state index contributed by atoms with van der Waals surface area (Å²) in [6.45, 7) is 3.37. The fourth-order valence-corrected chi connectivity index (χ4v) is 5.68. The van der Waals surface area contributed by atoms with Gasteiger partial charge in [-0.15, -0.1) is 0 Å². The summed E-state index contributed by atoms with van der Waals surface area (Å²) >= 11 is 0. The lowest BCUT2D eigenvalue weighted by atomic mass is 10.2. The van der Waals surface area contributed by atoms with E-state index in [0.717, 1.165) is 23.4 Å². The fourth-order valence-electron chi connectivity index (χ4n) is 3.65. The SMILES string of the molecule is CCC(Oc1ccc(N(C)S(C)(=O)=O)cc1)C(=O)NCCOc1ccc(S(=O)(=O)N2CCCC2)cc1. The third kappa shape index (κ3) is 7.11. The minimum absolute atomic E-state index is 0.201. The number of nitrogens with zero attached hydrogens (tertiary/aromatic N) is 2. The molecule has 1 fully saturated rings. The Balaban J connectivity index is 1.45. The number of nitrogens with one attached hydrogen (secondary N) is 1. The van der Waals surface area contributed by atoms with Crippen LogP contribution in [-0.4, -0.2) is 72.7 Å². The van der Waals surface area contributed by atoms with Crippen molar-refractivity contribution in [1.82, 2.24) is 9.62 Å². The van der Waals surface area contributed by atoms with Gasteiger partial charge in [-0.3, -0.25) is 9.10 Å². The summed E-state index contributed by atoms with van der Waals surface area (Å²) in [7, 11) is -5.37. The van der Waals surface area contributed by atoms with Gasteiger partial charge in [0.05, 0.1) is 23.4 Å². The van der Waals surface area contributed by atoms with E-state index in [-0.39, 0.29) is 24.0 Å². The van der Waals surface area contributed by atoms with Crippen LogP contribution in [0.15, 0.2) is 53.4 Å². The van der Waals surface area contributed by atoms with Gasteiger partial charge >= 0.3 is 0 Å². The fraction of sp³-hybridized carbons (Fsp3) is 0.458.